The Bertz CT molecular complexity index is 1060. The van der Waals surface area contributed by atoms with Crippen LogP contribution in [0.4, 0.5) is 0 Å². The largest absolute Gasteiger partial charge is 0.374 e. The number of hydrogen-bond acceptors (Lipinski definition) is 6. The molecule has 0 fully saturated rings. The van der Waals surface area contributed by atoms with Crippen molar-refractivity contribution in [1.29, 1.82) is 0 Å². The number of benzene rings is 2. The number of carbonyl (C=O) groups excluding carboxylic acids is 1. The van der Waals surface area contributed by atoms with Gasteiger partial charge >= 0.3 is 5.97 Å². The Labute approximate surface area is 158 Å². The highest BCUT2D eigenvalue weighted by Crippen LogP contribution is 2.31. The first-order valence-electron chi connectivity index (χ1n) is 8.01. The van der Waals surface area contributed by atoms with E-state index in [9.17, 15) is 4.79 Å². The van der Waals surface area contributed by atoms with Crippen LogP contribution in [0.15, 0.2) is 61.1 Å². The predicted octanol–water partition coefficient (Wildman–Crippen LogP) is 3.09. The molecule has 0 amide bonds. The minimum Gasteiger partial charge on any atom is -0.342 e. The molecule has 4 rings (SSSR count). The highest BCUT2D eigenvalue weighted by Gasteiger charge is 2.16. The number of aromatic amines is 1. The second-order valence-corrected chi connectivity index (χ2v) is 5.91. The van der Waals surface area contributed by atoms with Crippen molar-refractivity contribution in [3.8, 4) is 22.5 Å². The zero-order chi connectivity index (χ0) is 18.6. The third kappa shape index (κ3) is 3.42. The number of halogens is 1. The molecule has 2 aromatic carbocycles. The second-order valence-electron chi connectivity index (χ2n) is 5.75. The van der Waals surface area contributed by atoms with E-state index in [2.05, 4.69) is 29.9 Å². The fraction of sp³-hybridized carbons (Fsp3) is 0.0556. The zero-order valence-electron chi connectivity index (χ0n) is 13.9. The summed E-state index contributed by atoms with van der Waals surface area (Å²) in [4.78, 5) is 15.7. The summed E-state index contributed by atoms with van der Waals surface area (Å²) < 4.78 is 5.93. The summed E-state index contributed by atoms with van der Waals surface area (Å²) in [6.45, 7) is 0.404. The fourth-order valence-corrected chi connectivity index (χ4v) is 2.95. The number of H-pyrrole nitrogens is 1. The van der Waals surface area contributed by atoms with E-state index >= 15 is 0 Å². The molecule has 2 aromatic heterocycles. The summed E-state index contributed by atoms with van der Waals surface area (Å²) in [6.07, 6.45) is 2.95. The Morgan fingerprint density at radius 3 is 2.74 bits per heavy atom. The average molecular weight is 381 g/mol. The Balaban J connectivity index is 1.75. The van der Waals surface area contributed by atoms with Gasteiger partial charge in [0.05, 0.1) is 12.5 Å². The van der Waals surface area contributed by atoms with Crippen LogP contribution in [0.25, 0.3) is 22.5 Å². The molecule has 0 unspecified atom stereocenters. The summed E-state index contributed by atoms with van der Waals surface area (Å²) in [7, 11) is 0. The van der Waals surface area contributed by atoms with Crippen LogP contribution in [0.1, 0.15) is 16.1 Å². The topological polar surface area (TPSA) is 98.6 Å². The Morgan fingerprint density at radius 2 is 2.00 bits per heavy atom. The second kappa shape index (κ2) is 7.38. The number of aromatic nitrogens is 6. The van der Waals surface area contributed by atoms with Crippen LogP contribution in [0.3, 0.4) is 0 Å². The highest BCUT2D eigenvalue weighted by atomic mass is 35.5. The van der Waals surface area contributed by atoms with Gasteiger partial charge in [0.25, 0.3) is 0 Å². The molecular formula is C18H13ClN6O2. The number of nitrogens with one attached hydrogen (secondary N) is 1. The average Bonchev–Trinajstić information content (AvgIpc) is 3.40. The number of nitrogens with zero attached hydrogens (tertiary/aromatic N) is 5. The lowest BCUT2D eigenvalue weighted by molar-refractivity contribution is 0.0740. The summed E-state index contributed by atoms with van der Waals surface area (Å²) in [5.74, 6) is -0.171. The van der Waals surface area contributed by atoms with E-state index < -0.39 is 5.97 Å². The van der Waals surface area contributed by atoms with E-state index in [-0.39, 0.29) is 5.69 Å². The van der Waals surface area contributed by atoms with Gasteiger partial charge in [0.2, 0.25) is 5.82 Å². The smallest absolute Gasteiger partial charge is 0.342 e. The van der Waals surface area contributed by atoms with Crippen molar-refractivity contribution in [2.24, 2.45) is 0 Å². The van der Waals surface area contributed by atoms with Gasteiger partial charge in [-0.05, 0) is 28.0 Å². The lowest BCUT2D eigenvalue weighted by atomic mass is 9.97. The molecule has 0 aliphatic carbocycles. The van der Waals surface area contributed by atoms with Gasteiger partial charge in [0.1, 0.15) is 17.6 Å². The van der Waals surface area contributed by atoms with Gasteiger partial charge in [-0.3, -0.25) is 0 Å². The molecule has 1 N–H and O–H groups in total. The van der Waals surface area contributed by atoms with E-state index in [0.717, 1.165) is 22.3 Å². The minimum atomic E-state index is -0.659. The first-order valence-corrected chi connectivity index (χ1v) is 8.32. The van der Waals surface area contributed by atoms with E-state index in [1.165, 1.54) is 6.20 Å². The third-order valence-corrected chi connectivity index (χ3v) is 4.24. The van der Waals surface area contributed by atoms with Gasteiger partial charge in [0, 0.05) is 12.1 Å². The quantitative estimate of drug-likeness (QED) is 0.571. The molecule has 0 aliphatic rings. The molecule has 134 valence electrons. The maximum atomic E-state index is 11.7. The number of imidazole rings is 1. The van der Waals surface area contributed by atoms with Crippen molar-refractivity contribution in [3.05, 3.63) is 72.3 Å². The lowest BCUT2D eigenvalue weighted by Crippen LogP contribution is -2.09. The molecule has 0 aliphatic heterocycles. The number of carbonyl (C=O) groups is 1. The molecule has 0 radical (unpaired) electrons. The van der Waals surface area contributed by atoms with Crippen LogP contribution >= 0.6 is 11.9 Å². The lowest BCUT2D eigenvalue weighted by Gasteiger charge is -2.11. The van der Waals surface area contributed by atoms with E-state index in [1.807, 2.05) is 48.5 Å². The van der Waals surface area contributed by atoms with Gasteiger partial charge in [-0.1, -0.05) is 42.5 Å². The van der Waals surface area contributed by atoms with Gasteiger partial charge in [-0.25, -0.2) is 9.78 Å². The van der Waals surface area contributed by atoms with Crippen molar-refractivity contribution in [2.45, 2.75) is 6.54 Å². The normalized spacial score (nSPS) is 10.7. The minimum absolute atomic E-state index is 0.262. The number of rotatable bonds is 5. The molecular weight excluding hydrogens is 368 g/mol. The van der Waals surface area contributed by atoms with Gasteiger partial charge in [0.15, 0.2) is 0 Å². The molecule has 0 saturated heterocycles. The summed E-state index contributed by atoms with van der Waals surface area (Å²) in [5, 5.41) is 14.4. The molecule has 8 nitrogen and oxygen atoms in total. The Morgan fingerprint density at radius 1 is 1.15 bits per heavy atom. The van der Waals surface area contributed by atoms with Crippen molar-refractivity contribution in [1.82, 2.24) is 30.2 Å². The fourth-order valence-electron chi connectivity index (χ4n) is 2.87. The van der Waals surface area contributed by atoms with Crippen LogP contribution in [0.2, 0.25) is 0 Å². The molecule has 2 heterocycles. The molecule has 9 heteroatoms. The number of hydrogen-bond donors (Lipinski definition) is 1. The Kier molecular flexibility index (Phi) is 4.63. The van der Waals surface area contributed by atoms with E-state index in [1.54, 1.807) is 10.9 Å². The van der Waals surface area contributed by atoms with Crippen LogP contribution in [-0.2, 0) is 10.8 Å². The van der Waals surface area contributed by atoms with Crippen LogP contribution in [-0.4, -0.2) is 36.1 Å². The van der Waals surface area contributed by atoms with Crippen molar-refractivity contribution in [3.63, 3.8) is 0 Å². The van der Waals surface area contributed by atoms with Crippen molar-refractivity contribution < 1.29 is 9.08 Å². The van der Waals surface area contributed by atoms with Gasteiger partial charge < -0.3 is 8.86 Å². The first kappa shape index (κ1) is 16.9. The van der Waals surface area contributed by atoms with Crippen LogP contribution < -0.4 is 0 Å². The monoisotopic (exact) mass is 380 g/mol. The van der Waals surface area contributed by atoms with Crippen LogP contribution in [0.5, 0.6) is 0 Å². The molecule has 0 spiro atoms. The Hall–Kier alpha value is -3.52. The molecule has 0 saturated carbocycles. The summed E-state index contributed by atoms with van der Waals surface area (Å²) in [6, 6.07) is 15.9. The molecule has 0 atom stereocenters. The summed E-state index contributed by atoms with van der Waals surface area (Å²) >= 11 is 5.18. The highest BCUT2D eigenvalue weighted by molar-refractivity contribution is 6.15. The van der Waals surface area contributed by atoms with Crippen molar-refractivity contribution in [2.75, 3.05) is 0 Å². The van der Waals surface area contributed by atoms with Gasteiger partial charge in [-0.2, -0.15) is 5.21 Å². The number of tetrazole rings is 1. The van der Waals surface area contributed by atoms with E-state index in [4.69, 9.17) is 11.9 Å². The predicted molar refractivity (Wildman–Crippen MR) is 97.6 cm³/mol. The van der Waals surface area contributed by atoms with Crippen LogP contribution in [0, 0.1) is 0 Å². The third-order valence-electron chi connectivity index (χ3n) is 4.10. The SMILES string of the molecule is O=C(OCl)c1cncn1Cc1ccc(-c2ccccc2)c(-c2nn[nH]n2)c1. The van der Waals surface area contributed by atoms with E-state index in [0.29, 0.717) is 12.4 Å². The standard InChI is InChI=1S/C18H13ClN6O2/c19-27-18(26)16-9-20-11-25(16)10-12-6-7-14(13-4-2-1-3-5-13)15(8-12)17-21-23-24-22-17/h1-9,11H,10H2,(H,21,22,23,24). The summed E-state index contributed by atoms with van der Waals surface area (Å²) in [5.41, 5.74) is 4.04. The maximum Gasteiger partial charge on any atom is 0.374 e. The maximum absolute atomic E-state index is 11.7. The zero-order valence-corrected chi connectivity index (χ0v) is 14.7. The molecule has 27 heavy (non-hydrogen) atoms. The molecule has 4 aromatic rings. The van der Waals surface area contributed by atoms with Gasteiger partial charge in [-0.15, -0.1) is 10.2 Å². The van der Waals surface area contributed by atoms with Crippen molar-refractivity contribution >= 4 is 17.8 Å². The first-order chi connectivity index (χ1) is 13.3. The molecule has 0 bridgehead atoms.